The van der Waals surface area contributed by atoms with Crippen LogP contribution in [0.3, 0.4) is 0 Å². The van der Waals surface area contributed by atoms with E-state index in [0.29, 0.717) is 35.1 Å². The van der Waals surface area contributed by atoms with Gasteiger partial charge in [0.15, 0.2) is 23.0 Å². The highest BCUT2D eigenvalue weighted by molar-refractivity contribution is 5.95. The molecule has 0 unspecified atom stereocenters. The molecule has 0 aromatic heterocycles. The number of hydrogen-bond donors (Lipinski definition) is 0. The average molecular weight is 371 g/mol. The number of methoxy groups -OCH3 is 4. The zero-order valence-electron chi connectivity index (χ0n) is 16.4. The molecular formula is C21H25NO5. The van der Waals surface area contributed by atoms with Crippen LogP contribution in [0.5, 0.6) is 23.0 Å². The van der Waals surface area contributed by atoms with Crippen LogP contribution in [0.2, 0.25) is 0 Å². The van der Waals surface area contributed by atoms with Crippen LogP contribution in [0.15, 0.2) is 30.3 Å². The van der Waals surface area contributed by atoms with Crippen molar-refractivity contribution in [2.45, 2.75) is 19.4 Å². The summed E-state index contributed by atoms with van der Waals surface area (Å²) in [6.45, 7) is 2.67. The van der Waals surface area contributed by atoms with Gasteiger partial charge >= 0.3 is 0 Å². The minimum Gasteiger partial charge on any atom is -0.493 e. The van der Waals surface area contributed by atoms with E-state index in [9.17, 15) is 4.79 Å². The van der Waals surface area contributed by atoms with E-state index >= 15 is 0 Å². The maximum atomic E-state index is 13.1. The number of fused-ring (bicyclic) bond motifs is 1. The number of ether oxygens (including phenoxy) is 4. The van der Waals surface area contributed by atoms with Crippen molar-refractivity contribution >= 4 is 5.91 Å². The highest BCUT2D eigenvalue weighted by Gasteiger charge is 2.30. The number of carbonyl (C=O) groups excluding carboxylic acids is 1. The van der Waals surface area contributed by atoms with E-state index in [4.69, 9.17) is 18.9 Å². The molecule has 2 aromatic carbocycles. The number of carbonyl (C=O) groups is 1. The third-order valence-corrected chi connectivity index (χ3v) is 5.08. The van der Waals surface area contributed by atoms with Gasteiger partial charge in [0.2, 0.25) is 0 Å². The van der Waals surface area contributed by atoms with E-state index < -0.39 is 0 Å². The topological polar surface area (TPSA) is 57.2 Å². The summed E-state index contributed by atoms with van der Waals surface area (Å²) in [7, 11) is 6.38. The van der Waals surface area contributed by atoms with Crippen molar-refractivity contribution in [2.24, 2.45) is 0 Å². The van der Waals surface area contributed by atoms with Crippen LogP contribution in [-0.4, -0.2) is 45.8 Å². The molecule has 1 aliphatic heterocycles. The Hall–Kier alpha value is -2.89. The molecule has 6 nitrogen and oxygen atoms in total. The zero-order chi connectivity index (χ0) is 19.6. The third-order valence-electron chi connectivity index (χ3n) is 5.08. The quantitative estimate of drug-likeness (QED) is 0.805. The highest BCUT2D eigenvalue weighted by atomic mass is 16.5. The maximum Gasteiger partial charge on any atom is 0.254 e. The van der Waals surface area contributed by atoms with Gasteiger partial charge in [-0.15, -0.1) is 0 Å². The third kappa shape index (κ3) is 3.39. The first-order valence-corrected chi connectivity index (χ1v) is 8.81. The molecule has 0 fully saturated rings. The summed E-state index contributed by atoms with van der Waals surface area (Å²) in [4.78, 5) is 15.0. The molecule has 0 saturated carbocycles. The molecule has 0 aliphatic carbocycles. The van der Waals surface area contributed by atoms with Gasteiger partial charge in [-0.05, 0) is 54.8 Å². The summed E-state index contributed by atoms with van der Waals surface area (Å²) >= 11 is 0. The molecule has 0 N–H and O–H groups in total. The number of hydrogen-bond acceptors (Lipinski definition) is 5. The minimum atomic E-state index is -0.0749. The molecule has 1 aliphatic rings. The molecule has 1 amide bonds. The smallest absolute Gasteiger partial charge is 0.254 e. The van der Waals surface area contributed by atoms with Crippen molar-refractivity contribution in [1.82, 2.24) is 4.90 Å². The van der Waals surface area contributed by atoms with E-state index in [1.165, 1.54) is 5.56 Å². The molecule has 0 saturated heterocycles. The Morgan fingerprint density at radius 3 is 2.11 bits per heavy atom. The normalized spacial score (nSPS) is 15.7. The van der Waals surface area contributed by atoms with Gasteiger partial charge < -0.3 is 23.8 Å². The maximum absolute atomic E-state index is 13.1. The predicted molar refractivity (Wildman–Crippen MR) is 102 cm³/mol. The van der Waals surface area contributed by atoms with Crippen LogP contribution in [0.25, 0.3) is 0 Å². The van der Waals surface area contributed by atoms with Gasteiger partial charge in [0.1, 0.15) is 0 Å². The predicted octanol–water partition coefficient (Wildman–Crippen LogP) is 3.48. The van der Waals surface area contributed by atoms with Gasteiger partial charge in [0, 0.05) is 12.1 Å². The Morgan fingerprint density at radius 2 is 1.48 bits per heavy atom. The molecular weight excluding hydrogens is 346 g/mol. The minimum absolute atomic E-state index is 0.0381. The summed E-state index contributed by atoms with van der Waals surface area (Å²) in [5.74, 6) is 2.48. The summed E-state index contributed by atoms with van der Waals surface area (Å²) in [5.41, 5.74) is 2.83. The molecule has 0 bridgehead atoms. The van der Waals surface area contributed by atoms with Crippen molar-refractivity contribution in [1.29, 1.82) is 0 Å². The second-order valence-electron chi connectivity index (χ2n) is 6.40. The van der Waals surface area contributed by atoms with Crippen molar-refractivity contribution in [3.8, 4) is 23.0 Å². The van der Waals surface area contributed by atoms with E-state index in [1.807, 2.05) is 24.0 Å². The first-order valence-electron chi connectivity index (χ1n) is 8.81. The number of amides is 1. The van der Waals surface area contributed by atoms with Crippen LogP contribution in [0.4, 0.5) is 0 Å². The SMILES string of the molecule is COc1ccc(C(=O)N2CCc3cc(OC)c(OC)cc3[C@@H]2C)cc1OC. The van der Waals surface area contributed by atoms with Crippen molar-refractivity contribution in [3.63, 3.8) is 0 Å². The van der Waals surface area contributed by atoms with Crippen LogP contribution in [0.1, 0.15) is 34.5 Å². The number of benzene rings is 2. The molecule has 2 aromatic rings. The van der Waals surface area contributed by atoms with E-state index in [-0.39, 0.29) is 11.9 Å². The second kappa shape index (κ2) is 7.78. The lowest BCUT2D eigenvalue weighted by Gasteiger charge is -2.36. The van der Waals surface area contributed by atoms with Crippen LogP contribution < -0.4 is 18.9 Å². The Labute approximate surface area is 159 Å². The van der Waals surface area contributed by atoms with Gasteiger partial charge in [0.05, 0.1) is 34.5 Å². The molecule has 0 spiro atoms. The Kier molecular flexibility index (Phi) is 5.44. The number of rotatable bonds is 5. The standard InChI is InChI=1S/C21H25NO5/c1-13-16-12-20(27-5)19(26-4)10-14(16)8-9-22(13)21(23)15-6-7-17(24-2)18(11-15)25-3/h6-7,10-13H,8-9H2,1-5H3/t13-/m0/s1. The molecule has 0 radical (unpaired) electrons. The van der Waals surface area contributed by atoms with Crippen molar-refractivity contribution < 1.29 is 23.7 Å². The lowest BCUT2D eigenvalue weighted by atomic mass is 9.92. The van der Waals surface area contributed by atoms with Crippen LogP contribution in [-0.2, 0) is 6.42 Å². The van der Waals surface area contributed by atoms with Gasteiger partial charge in [-0.3, -0.25) is 4.79 Å². The lowest BCUT2D eigenvalue weighted by molar-refractivity contribution is 0.0677. The fourth-order valence-corrected chi connectivity index (χ4v) is 3.56. The fourth-order valence-electron chi connectivity index (χ4n) is 3.56. The summed E-state index contributed by atoms with van der Waals surface area (Å²) < 4.78 is 21.4. The Balaban J connectivity index is 1.92. The summed E-state index contributed by atoms with van der Waals surface area (Å²) in [6, 6.07) is 9.13. The molecule has 6 heteroatoms. The molecule has 1 atom stereocenters. The Bertz CT molecular complexity index is 849. The van der Waals surface area contributed by atoms with Gasteiger partial charge in [-0.1, -0.05) is 0 Å². The van der Waals surface area contributed by atoms with Gasteiger partial charge in [0.25, 0.3) is 5.91 Å². The first-order chi connectivity index (χ1) is 13.0. The van der Waals surface area contributed by atoms with Crippen molar-refractivity contribution in [3.05, 3.63) is 47.0 Å². The highest BCUT2D eigenvalue weighted by Crippen LogP contribution is 2.38. The largest absolute Gasteiger partial charge is 0.493 e. The molecule has 27 heavy (non-hydrogen) atoms. The molecule has 3 rings (SSSR count). The van der Waals surface area contributed by atoms with Crippen molar-refractivity contribution in [2.75, 3.05) is 35.0 Å². The zero-order valence-corrected chi connectivity index (χ0v) is 16.4. The van der Waals surface area contributed by atoms with Gasteiger partial charge in [-0.25, -0.2) is 0 Å². The fraction of sp³-hybridized carbons (Fsp3) is 0.381. The van der Waals surface area contributed by atoms with E-state index in [1.54, 1.807) is 46.6 Å². The van der Waals surface area contributed by atoms with E-state index in [2.05, 4.69) is 0 Å². The monoisotopic (exact) mass is 371 g/mol. The van der Waals surface area contributed by atoms with Crippen LogP contribution in [0, 0.1) is 0 Å². The number of nitrogens with zero attached hydrogens (tertiary/aromatic N) is 1. The van der Waals surface area contributed by atoms with Crippen LogP contribution >= 0.6 is 0 Å². The first kappa shape index (κ1) is 18.9. The van der Waals surface area contributed by atoms with E-state index in [0.717, 1.165) is 12.0 Å². The second-order valence-corrected chi connectivity index (χ2v) is 6.40. The summed E-state index contributed by atoms with van der Waals surface area (Å²) in [5, 5.41) is 0. The molecule has 144 valence electrons. The molecule has 1 heterocycles. The average Bonchev–Trinajstić information content (AvgIpc) is 2.72. The van der Waals surface area contributed by atoms with Gasteiger partial charge in [-0.2, -0.15) is 0 Å². The lowest BCUT2D eigenvalue weighted by Crippen LogP contribution is -2.38. The summed E-state index contributed by atoms with van der Waals surface area (Å²) in [6.07, 6.45) is 0.763. The Morgan fingerprint density at radius 1 is 0.889 bits per heavy atom.